The molecule has 2 aromatic carbocycles. The maximum Gasteiger partial charge on any atom is 0.343 e. The summed E-state index contributed by atoms with van der Waals surface area (Å²) in [4.78, 5) is 12.5. The van der Waals surface area contributed by atoms with Crippen molar-refractivity contribution in [3.05, 3.63) is 65.2 Å². The third kappa shape index (κ3) is 2.53. The Balaban J connectivity index is 1.82. The minimum Gasteiger partial charge on any atom is -0.507 e. The fraction of sp³-hybridized carbons (Fsp3) is 0.286. The van der Waals surface area contributed by atoms with Crippen molar-refractivity contribution < 1.29 is 19.0 Å². The minimum atomic E-state index is -0.829. The average Bonchev–Trinajstić information content (AvgIpc) is 3.15. The van der Waals surface area contributed by atoms with Crippen molar-refractivity contribution in [3.63, 3.8) is 0 Å². The van der Waals surface area contributed by atoms with Gasteiger partial charge >= 0.3 is 5.97 Å². The zero-order valence-corrected chi connectivity index (χ0v) is 14.0. The molecular weight excluding hydrogens is 319 g/mol. The highest BCUT2D eigenvalue weighted by atomic mass is 19.1. The number of ether oxygens (including phenoxy) is 1. The third-order valence-electron chi connectivity index (χ3n) is 5.26. The molecule has 0 aromatic heterocycles. The van der Waals surface area contributed by atoms with E-state index in [2.05, 4.69) is 0 Å². The van der Waals surface area contributed by atoms with Crippen molar-refractivity contribution in [1.29, 1.82) is 0 Å². The van der Waals surface area contributed by atoms with Crippen molar-refractivity contribution in [3.8, 4) is 11.1 Å². The quantitative estimate of drug-likeness (QED) is 0.789. The monoisotopic (exact) mass is 338 g/mol. The summed E-state index contributed by atoms with van der Waals surface area (Å²) < 4.78 is 18.8. The number of aryl methyl sites for hydroxylation is 1. The van der Waals surface area contributed by atoms with Crippen LogP contribution in [0.25, 0.3) is 16.7 Å². The van der Waals surface area contributed by atoms with Gasteiger partial charge in [-0.15, -0.1) is 0 Å². The summed E-state index contributed by atoms with van der Waals surface area (Å²) in [7, 11) is 0. The van der Waals surface area contributed by atoms with Crippen molar-refractivity contribution in [2.45, 2.75) is 38.2 Å². The second-order valence-electron chi connectivity index (χ2n) is 6.85. The van der Waals surface area contributed by atoms with Gasteiger partial charge in [0.05, 0.1) is 0 Å². The summed E-state index contributed by atoms with van der Waals surface area (Å²) in [6.07, 6.45) is 3.23. The molecule has 0 saturated heterocycles. The van der Waals surface area contributed by atoms with E-state index >= 15 is 0 Å². The van der Waals surface area contributed by atoms with Gasteiger partial charge in [-0.1, -0.05) is 24.3 Å². The van der Waals surface area contributed by atoms with Crippen LogP contribution in [0.5, 0.6) is 0 Å². The molecule has 1 spiro atoms. The molecule has 25 heavy (non-hydrogen) atoms. The number of carbonyl (C=O) groups excluding carboxylic acids is 1. The summed E-state index contributed by atoms with van der Waals surface area (Å²) in [5, 5.41) is 10.8. The van der Waals surface area contributed by atoms with Gasteiger partial charge < -0.3 is 9.84 Å². The van der Waals surface area contributed by atoms with Crippen LogP contribution in [0, 0.1) is 12.7 Å². The van der Waals surface area contributed by atoms with Gasteiger partial charge in [-0.05, 0) is 73.1 Å². The number of aliphatic hydroxyl groups is 1. The van der Waals surface area contributed by atoms with Gasteiger partial charge in [-0.2, -0.15) is 0 Å². The molecule has 1 heterocycles. The zero-order valence-electron chi connectivity index (χ0n) is 14.0. The Labute approximate surface area is 145 Å². The molecule has 1 aliphatic carbocycles. The topological polar surface area (TPSA) is 46.5 Å². The van der Waals surface area contributed by atoms with Crippen LogP contribution in [0.3, 0.4) is 0 Å². The molecule has 2 aromatic rings. The van der Waals surface area contributed by atoms with Crippen molar-refractivity contribution >= 4 is 11.5 Å². The van der Waals surface area contributed by atoms with Crippen molar-refractivity contribution in [1.82, 2.24) is 0 Å². The molecule has 0 bridgehead atoms. The second-order valence-corrected chi connectivity index (χ2v) is 6.85. The number of carbonyl (C=O) groups is 1. The Morgan fingerprint density at radius 3 is 2.36 bits per heavy atom. The van der Waals surface area contributed by atoms with Crippen LogP contribution in [-0.4, -0.2) is 16.7 Å². The Hall–Kier alpha value is -2.62. The van der Waals surface area contributed by atoms with E-state index in [4.69, 9.17) is 4.74 Å². The van der Waals surface area contributed by atoms with Crippen LogP contribution in [0.2, 0.25) is 0 Å². The van der Waals surface area contributed by atoms with Gasteiger partial charge in [0, 0.05) is 0 Å². The van der Waals surface area contributed by atoms with Gasteiger partial charge in [-0.3, -0.25) is 0 Å². The van der Waals surface area contributed by atoms with E-state index in [0.717, 1.165) is 29.5 Å². The summed E-state index contributed by atoms with van der Waals surface area (Å²) in [5.41, 5.74) is 2.71. The van der Waals surface area contributed by atoms with Crippen LogP contribution in [-0.2, 0) is 9.53 Å². The first-order valence-corrected chi connectivity index (χ1v) is 8.54. The van der Waals surface area contributed by atoms with Gasteiger partial charge in [0.1, 0.15) is 11.4 Å². The molecule has 128 valence electrons. The number of esters is 1. The predicted molar refractivity (Wildman–Crippen MR) is 93.4 cm³/mol. The number of hydrogen-bond acceptors (Lipinski definition) is 3. The van der Waals surface area contributed by atoms with E-state index in [1.165, 1.54) is 12.1 Å². The van der Waals surface area contributed by atoms with E-state index in [1.807, 2.05) is 25.1 Å². The number of hydrogen-bond donors (Lipinski definition) is 1. The minimum absolute atomic E-state index is 0.0642. The molecule has 0 amide bonds. The SMILES string of the molecule is Cc1ccc(-c2ccc(F)cc2)cc1C1=C(O)C2(CCCC2)OC1=O. The lowest BCUT2D eigenvalue weighted by atomic mass is 9.91. The molecule has 0 radical (unpaired) electrons. The molecule has 1 fully saturated rings. The molecule has 4 rings (SSSR count). The first-order chi connectivity index (χ1) is 12.0. The van der Waals surface area contributed by atoms with Crippen LogP contribution in [0.1, 0.15) is 36.8 Å². The zero-order chi connectivity index (χ0) is 17.6. The van der Waals surface area contributed by atoms with Crippen LogP contribution >= 0.6 is 0 Å². The molecule has 3 nitrogen and oxygen atoms in total. The van der Waals surface area contributed by atoms with Crippen LogP contribution in [0.15, 0.2) is 48.2 Å². The maximum atomic E-state index is 13.2. The first kappa shape index (κ1) is 15.9. The second kappa shape index (κ2) is 5.73. The Kier molecular flexibility index (Phi) is 3.64. The highest BCUT2D eigenvalue weighted by Gasteiger charge is 2.50. The lowest BCUT2D eigenvalue weighted by Crippen LogP contribution is -2.27. The largest absolute Gasteiger partial charge is 0.507 e. The molecule has 4 heteroatoms. The van der Waals surface area contributed by atoms with E-state index in [1.54, 1.807) is 12.1 Å². The van der Waals surface area contributed by atoms with E-state index in [9.17, 15) is 14.3 Å². The van der Waals surface area contributed by atoms with Crippen LogP contribution < -0.4 is 0 Å². The molecule has 0 unspecified atom stereocenters. The van der Waals surface area contributed by atoms with Gasteiger partial charge in [0.2, 0.25) is 0 Å². The molecular formula is C21H19FO3. The lowest BCUT2D eigenvalue weighted by Gasteiger charge is -2.21. The van der Waals surface area contributed by atoms with Gasteiger partial charge in [0.15, 0.2) is 11.4 Å². The summed E-state index contributed by atoms with van der Waals surface area (Å²) in [6, 6.07) is 11.9. The standard InChI is InChI=1S/C21H19FO3/c1-13-4-5-15(14-6-8-16(22)9-7-14)12-17(13)18-19(23)21(25-20(18)24)10-2-3-11-21/h4-9,12,23H,2-3,10-11H2,1H3. The smallest absolute Gasteiger partial charge is 0.343 e. The predicted octanol–water partition coefficient (Wildman–Crippen LogP) is 4.94. The number of rotatable bonds is 2. The van der Waals surface area contributed by atoms with E-state index < -0.39 is 11.6 Å². The van der Waals surface area contributed by atoms with Crippen molar-refractivity contribution in [2.75, 3.05) is 0 Å². The lowest BCUT2D eigenvalue weighted by molar-refractivity contribution is -0.146. The van der Waals surface area contributed by atoms with E-state index in [0.29, 0.717) is 18.4 Å². The summed E-state index contributed by atoms with van der Waals surface area (Å²) >= 11 is 0. The normalized spacial score (nSPS) is 18.9. The Bertz CT molecular complexity index is 875. The maximum absolute atomic E-state index is 13.2. The summed E-state index contributed by atoms with van der Waals surface area (Å²) in [6.45, 7) is 1.90. The number of aliphatic hydroxyl groups excluding tert-OH is 1. The van der Waals surface area contributed by atoms with Crippen LogP contribution in [0.4, 0.5) is 4.39 Å². The van der Waals surface area contributed by atoms with Gasteiger partial charge in [0.25, 0.3) is 0 Å². The number of benzene rings is 2. The average molecular weight is 338 g/mol. The fourth-order valence-electron chi connectivity index (χ4n) is 3.84. The fourth-order valence-corrected chi connectivity index (χ4v) is 3.84. The number of halogens is 1. The van der Waals surface area contributed by atoms with E-state index in [-0.39, 0.29) is 17.1 Å². The molecule has 2 aliphatic rings. The molecule has 1 saturated carbocycles. The first-order valence-electron chi connectivity index (χ1n) is 8.54. The molecule has 1 N–H and O–H groups in total. The molecule has 1 aliphatic heterocycles. The highest BCUT2D eigenvalue weighted by Crippen LogP contribution is 2.47. The third-order valence-corrected chi connectivity index (χ3v) is 5.26. The molecule has 0 atom stereocenters. The Morgan fingerprint density at radius 2 is 1.68 bits per heavy atom. The highest BCUT2D eigenvalue weighted by molar-refractivity contribution is 6.20. The van der Waals surface area contributed by atoms with Crippen molar-refractivity contribution in [2.24, 2.45) is 0 Å². The van der Waals surface area contributed by atoms with Gasteiger partial charge in [-0.25, -0.2) is 9.18 Å². The summed E-state index contributed by atoms with van der Waals surface area (Å²) in [5.74, 6) is -0.688. The Morgan fingerprint density at radius 1 is 1.04 bits per heavy atom.